The number of rotatable bonds is 6. The quantitative estimate of drug-likeness (QED) is 0.780. The predicted octanol–water partition coefficient (Wildman–Crippen LogP) is 1.60. The van der Waals surface area contributed by atoms with Gasteiger partial charge < -0.3 is 5.73 Å². The van der Waals surface area contributed by atoms with Crippen molar-refractivity contribution in [2.75, 3.05) is 19.6 Å². The first-order chi connectivity index (χ1) is 8.99. The summed E-state index contributed by atoms with van der Waals surface area (Å²) in [7, 11) is -3.42. The number of hydrogen-bond acceptors (Lipinski definition) is 3. The minimum Gasteiger partial charge on any atom is -0.329 e. The summed E-state index contributed by atoms with van der Waals surface area (Å²) in [5, 5.41) is 0. The molecule has 19 heavy (non-hydrogen) atoms. The van der Waals surface area contributed by atoms with Crippen LogP contribution in [0.1, 0.15) is 58.8 Å². The van der Waals surface area contributed by atoms with E-state index in [0.29, 0.717) is 19.6 Å². The minimum absolute atomic E-state index is 0.382. The summed E-state index contributed by atoms with van der Waals surface area (Å²) in [6, 6.07) is 0. The molecule has 0 aromatic heterocycles. The molecule has 3 N–H and O–H groups in total. The van der Waals surface area contributed by atoms with Gasteiger partial charge in [-0.2, -0.15) is 17.4 Å². The first-order valence-corrected chi connectivity index (χ1v) is 8.93. The standard InChI is InChI=1S/C13H29N3O2S/c1-3-16(4-2)19(17,18)15-13(12-14)10-8-6-5-7-9-11-13/h15H,3-12,14H2,1-2H3. The van der Waals surface area contributed by atoms with E-state index in [-0.39, 0.29) is 0 Å². The van der Waals surface area contributed by atoms with Gasteiger partial charge in [0.2, 0.25) is 0 Å². The highest BCUT2D eigenvalue weighted by molar-refractivity contribution is 7.87. The normalized spacial score (nSPS) is 21.1. The Labute approximate surface area is 118 Å². The lowest BCUT2D eigenvalue weighted by Gasteiger charge is -2.36. The van der Waals surface area contributed by atoms with Crippen LogP contribution in [0.25, 0.3) is 0 Å². The Morgan fingerprint density at radius 1 is 1.05 bits per heavy atom. The lowest BCUT2D eigenvalue weighted by Crippen LogP contribution is -2.57. The Morgan fingerprint density at radius 2 is 1.53 bits per heavy atom. The molecule has 0 atom stereocenters. The van der Waals surface area contributed by atoms with Crippen LogP contribution in [0.4, 0.5) is 0 Å². The van der Waals surface area contributed by atoms with Crippen molar-refractivity contribution < 1.29 is 8.42 Å². The Morgan fingerprint density at radius 3 is 1.95 bits per heavy atom. The summed E-state index contributed by atoms with van der Waals surface area (Å²) in [6.45, 7) is 5.08. The fourth-order valence-corrected chi connectivity index (χ4v) is 4.48. The number of nitrogens with zero attached hydrogens (tertiary/aromatic N) is 1. The number of nitrogens with two attached hydrogens (primary N) is 1. The van der Waals surface area contributed by atoms with Crippen LogP contribution in [-0.4, -0.2) is 37.9 Å². The zero-order valence-electron chi connectivity index (χ0n) is 12.3. The highest BCUT2D eigenvalue weighted by Gasteiger charge is 2.35. The van der Waals surface area contributed by atoms with Gasteiger partial charge in [0.25, 0.3) is 10.2 Å². The van der Waals surface area contributed by atoms with E-state index in [1.165, 1.54) is 23.6 Å². The highest BCUT2D eigenvalue weighted by Crippen LogP contribution is 2.26. The van der Waals surface area contributed by atoms with Gasteiger partial charge in [0.1, 0.15) is 0 Å². The fourth-order valence-electron chi connectivity index (χ4n) is 2.83. The average Bonchev–Trinajstić information content (AvgIpc) is 2.34. The Hall–Kier alpha value is -0.170. The second kappa shape index (κ2) is 7.57. The second-order valence-corrected chi connectivity index (χ2v) is 7.11. The third kappa shape index (κ3) is 4.70. The van der Waals surface area contributed by atoms with E-state index < -0.39 is 15.7 Å². The van der Waals surface area contributed by atoms with Crippen LogP contribution in [0.3, 0.4) is 0 Å². The topological polar surface area (TPSA) is 75.4 Å². The monoisotopic (exact) mass is 291 g/mol. The smallest absolute Gasteiger partial charge is 0.279 e. The number of nitrogens with one attached hydrogen (secondary N) is 1. The van der Waals surface area contributed by atoms with Crippen molar-refractivity contribution in [2.24, 2.45) is 5.73 Å². The summed E-state index contributed by atoms with van der Waals surface area (Å²) in [5.41, 5.74) is 5.46. The van der Waals surface area contributed by atoms with Crippen molar-refractivity contribution in [1.29, 1.82) is 0 Å². The lowest BCUT2D eigenvalue weighted by molar-refractivity contribution is 0.286. The molecule has 1 aliphatic rings. The first-order valence-electron chi connectivity index (χ1n) is 7.49. The second-order valence-electron chi connectivity index (χ2n) is 5.44. The molecule has 0 aromatic rings. The molecule has 0 unspecified atom stereocenters. The molecule has 0 amide bonds. The molecule has 1 saturated carbocycles. The third-order valence-electron chi connectivity index (χ3n) is 4.09. The van der Waals surface area contributed by atoms with E-state index in [1.54, 1.807) is 0 Å². The van der Waals surface area contributed by atoms with Crippen molar-refractivity contribution in [2.45, 2.75) is 64.3 Å². The van der Waals surface area contributed by atoms with Crippen LogP contribution >= 0.6 is 0 Å². The molecule has 1 fully saturated rings. The molecule has 1 aliphatic carbocycles. The Kier molecular flexibility index (Phi) is 6.73. The molecule has 1 rings (SSSR count). The van der Waals surface area contributed by atoms with E-state index in [0.717, 1.165) is 25.7 Å². The first kappa shape index (κ1) is 16.9. The average molecular weight is 291 g/mol. The van der Waals surface area contributed by atoms with Gasteiger partial charge in [-0.1, -0.05) is 46.0 Å². The zero-order valence-corrected chi connectivity index (χ0v) is 13.1. The van der Waals surface area contributed by atoms with E-state index in [4.69, 9.17) is 5.73 Å². The molecular weight excluding hydrogens is 262 g/mol. The molecule has 0 heterocycles. The van der Waals surface area contributed by atoms with Gasteiger partial charge in [-0.3, -0.25) is 0 Å². The Balaban J connectivity index is 2.83. The molecule has 0 spiro atoms. The van der Waals surface area contributed by atoms with Gasteiger partial charge in [0, 0.05) is 25.2 Å². The molecule has 0 aromatic carbocycles. The van der Waals surface area contributed by atoms with Gasteiger partial charge in [-0.25, -0.2) is 0 Å². The number of hydrogen-bond donors (Lipinski definition) is 2. The van der Waals surface area contributed by atoms with Crippen LogP contribution in [-0.2, 0) is 10.2 Å². The van der Waals surface area contributed by atoms with Crippen molar-refractivity contribution in [3.63, 3.8) is 0 Å². The molecule has 0 bridgehead atoms. The zero-order chi connectivity index (χ0) is 14.4. The maximum absolute atomic E-state index is 12.4. The third-order valence-corrected chi connectivity index (χ3v) is 5.98. The van der Waals surface area contributed by atoms with Crippen LogP contribution < -0.4 is 10.5 Å². The molecular formula is C13H29N3O2S. The summed E-state index contributed by atoms with van der Waals surface area (Å²) >= 11 is 0. The fraction of sp³-hybridized carbons (Fsp3) is 1.00. The molecule has 0 aliphatic heterocycles. The van der Waals surface area contributed by atoms with Crippen molar-refractivity contribution in [3.8, 4) is 0 Å². The van der Waals surface area contributed by atoms with Crippen LogP contribution in [0, 0.1) is 0 Å². The Bertz CT molecular complexity index is 345. The van der Waals surface area contributed by atoms with Crippen LogP contribution in [0.15, 0.2) is 0 Å². The highest BCUT2D eigenvalue weighted by atomic mass is 32.2. The van der Waals surface area contributed by atoms with Gasteiger partial charge in [0.15, 0.2) is 0 Å². The minimum atomic E-state index is -3.42. The van der Waals surface area contributed by atoms with E-state index in [1.807, 2.05) is 13.8 Å². The van der Waals surface area contributed by atoms with Crippen molar-refractivity contribution in [1.82, 2.24) is 9.03 Å². The molecule has 5 nitrogen and oxygen atoms in total. The molecule has 6 heteroatoms. The largest absolute Gasteiger partial charge is 0.329 e. The molecule has 114 valence electrons. The summed E-state index contributed by atoms with van der Waals surface area (Å²) in [4.78, 5) is 0. The predicted molar refractivity (Wildman–Crippen MR) is 79.1 cm³/mol. The van der Waals surface area contributed by atoms with Crippen molar-refractivity contribution in [3.05, 3.63) is 0 Å². The summed E-state index contributed by atoms with van der Waals surface area (Å²) in [5.74, 6) is 0. The van der Waals surface area contributed by atoms with E-state index in [2.05, 4.69) is 4.72 Å². The van der Waals surface area contributed by atoms with E-state index >= 15 is 0 Å². The SMILES string of the molecule is CCN(CC)S(=O)(=O)NC1(CN)CCCCCCC1. The summed E-state index contributed by atoms with van der Waals surface area (Å²) in [6.07, 6.45) is 7.41. The van der Waals surface area contributed by atoms with E-state index in [9.17, 15) is 8.42 Å². The maximum atomic E-state index is 12.4. The van der Waals surface area contributed by atoms with Crippen LogP contribution in [0.2, 0.25) is 0 Å². The van der Waals surface area contributed by atoms with Gasteiger partial charge >= 0.3 is 0 Å². The van der Waals surface area contributed by atoms with Crippen LogP contribution in [0.5, 0.6) is 0 Å². The van der Waals surface area contributed by atoms with Crippen molar-refractivity contribution >= 4 is 10.2 Å². The van der Waals surface area contributed by atoms with Gasteiger partial charge in [-0.15, -0.1) is 0 Å². The summed E-state index contributed by atoms with van der Waals surface area (Å²) < 4.78 is 29.1. The maximum Gasteiger partial charge on any atom is 0.279 e. The molecule has 0 saturated heterocycles. The molecule has 0 radical (unpaired) electrons. The van der Waals surface area contributed by atoms with Gasteiger partial charge in [0.05, 0.1) is 0 Å². The lowest BCUT2D eigenvalue weighted by atomic mass is 9.85. The van der Waals surface area contributed by atoms with Gasteiger partial charge in [-0.05, 0) is 12.8 Å².